The standard InChI is InChI=1S/C12H9NO/c14-12-7-3-5-10-8-9-4-1-2-6-11(9)13(10)12/h1-3,5-8H,4H2. The molecule has 0 spiro atoms. The summed E-state index contributed by atoms with van der Waals surface area (Å²) in [5, 5.41) is 1.04. The molecule has 2 aromatic rings. The second-order valence-electron chi connectivity index (χ2n) is 3.48. The molecule has 3 rings (SSSR count). The van der Waals surface area contributed by atoms with Crippen molar-refractivity contribution in [3.05, 3.63) is 57.7 Å². The first-order valence-corrected chi connectivity index (χ1v) is 4.66. The van der Waals surface area contributed by atoms with Crippen LogP contribution in [0.4, 0.5) is 0 Å². The van der Waals surface area contributed by atoms with Crippen LogP contribution in [0.1, 0.15) is 5.56 Å². The Morgan fingerprint density at radius 1 is 1.29 bits per heavy atom. The molecule has 0 radical (unpaired) electrons. The topological polar surface area (TPSA) is 21.5 Å². The molecule has 2 heterocycles. The number of fused-ring (bicyclic) bond motifs is 3. The monoisotopic (exact) mass is 183 g/mol. The molecular weight excluding hydrogens is 174 g/mol. The van der Waals surface area contributed by atoms with Crippen molar-refractivity contribution in [1.29, 1.82) is 0 Å². The molecule has 0 saturated heterocycles. The summed E-state index contributed by atoms with van der Waals surface area (Å²) in [6, 6.07) is 7.44. The minimum Gasteiger partial charge on any atom is -0.277 e. The van der Waals surface area contributed by atoms with Crippen LogP contribution in [-0.4, -0.2) is 4.40 Å². The number of aromatic nitrogens is 1. The van der Waals surface area contributed by atoms with E-state index in [1.807, 2.05) is 18.2 Å². The van der Waals surface area contributed by atoms with Crippen molar-refractivity contribution in [3.63, 3.8) is 0 Å². The second kappa shape index (κ2) is 2.58. The lowest BCUT2D eigenvalue weighted by molar-refractivity contribution is 1.05. The number of allylic oxidation sites excluding steroid dienone is 2. The van der Waals surface area contributed by atoms with Gasteiger partial charge in [-0.05, 0) is 30.2 Å². The molecule has 1 aliphatic rings. The highest BCUT2D eigenvalue weighted by atomic mass is 16.1. The van der Waals surface area contributed by atoms with Crippen LogP contribution in [0.2, 0.25) is 0 Å². The molecule has 2 nitrogen and oxygen atoms in total. The minimum absolute atomic E-state index is 0.0512. The molecule has 0 aromatic carbocycles. The van der Waals surface area contributed by atoms with E-state index in [1.165, 1.54) is 5.56 Å². The predicted molar refractivity (Wildman–Crippen MR) is 56.2 cm³/mol. The van der Waals surface area contributed by atoms with Gasteiger partial charge in [0.2, 0.25) is 0 Å². The summed E-state index contributed by atoms with van der Waals surface area (Å²) >= 11 is 0. The molecule has 68 valence electrons. The van der Waals surface area contributed by atoms with Gasteiger partial charge in [0.25, 0.3) is 5.56 Å². The summed E-state index contributed by atoms with van der Waals surface area (Å²) in [6.45, 7) is 0. The maximum absolute atomic E-state index is 11.6. The summed E-state index contributed by atoms with van der Waals surface area (Å²) in [4.78, 5) is 11.6. The fraction of sp³-hybridized carbons (Fsp3) is 0.0833. The van der Waals surface area contributed by atoms with Crippen LogP contribution in [0.5, 0.6) is 0 Å². The highest BCUT2D eigenvalue weighted by Gasteiger charge is 2.05. The maximum Gasteiger partial charge on any atom is 0.255 e. The van der Waals surface area contributed by atoms with Crippen LogP contribution in [0.25, 0.3) is 11.6 Å². The zero-order valence-electron chi connectivity index (χ0n) is 7.60. The van der Waals surface area contributed by atoms with Gasteiger partial charge in [-0.15, -0.1) is 0 Å². The van der Waals surface area contributed by atoms with E-state index in [9.17, 15) is 4.79 Å². The Morgan fingerprint density at radius 3 is 3.14 bits per heavy atom. The van der Waals surface area contributed by atoms with Gasteiger partial charge in [-0.3, -0.25) is 9.20 Å². The van der Waals surface area contributed by atoms with E-state index < -0.39 is 0 Å². The van der Waals surface area contributed by atoms with Crippen LogP contribution in [-0.2, 0) is 6.42 Å². The lowest BCUT2D eigenvalue weighted by Gasteiger charge is -1.96. The zero-order chi connectivity index (χ0) is 9.54. The molecule has 14 heavy (non-hydrogen) atoms. The average molecular weight is 183 g/mol. The number of hydrogen-bond acceptors (Lipinski definition) is 1. The van der Waals surface area contributed by atoms with E-state index >= 15 is 0 Å². The molecule has 0 N–H and O–H groups in total. The van der Waals surface area contributed by atoms with Crippen LogP contribution in [0.3, 0.4) is 0 Å². The smallest absolute Gasteiger partial charge is 0.255 e. The van der Waals surface area contributed by atoms with E-state index in [1.54, 1.807) is 16.5 Å². The summed E-state index contributed by atoms with van der Waals surface area (Å²) in [5.41, 5.74) is 2.27. The third kappa shape index (κ3) is 0.880. The lowest BCUT2D eigenvalue weighted by Crippen LogP contribution is -2.24. The first kappa shape index (κ1) is 7.56. The van der Waals surface area contributed by atoms with Crippen molar-refractivity contribution in [1.82, 2.24) is 4.40 Å². The van der Waals surface area contributed by atoms with E-state index in [4.69, 9.17) is 0 Å². The van der Waals surface area contributed by atoms with E-state index in [0.717, 1.165) is 17.3 Å². The zero-order valence-corrected chi connectivity index (χ0v) is 7.60. The molecule has 0 fully saturated rings. The minimum atomic E-state index is 0.0512. The highest BCUT2D eigenvalue weighted by molar-refractivity contribution is 5.56. The van der Waals surface area contributed by atoms with Gasteiger partial charge in [-0.25, -0.2) is 0 Å². The first-order valence-electron chi connectivity index (χ1n) is 4.66. The van der Waals surface area contributed by atoms with Crippen molar-refractivity contribution >= 4 is 11.6 Å². The Balaban J connectivity index is 2.63. The number of hydrogen-bond donors (Lipinski definition) is 0. The van der Waals surface area contributed by atoms with E-state index in [2.05, 4.69) is 12.1 Å². The second-order valence-corrected chi connectivity index (χ2v) is 3.48. The van der Waals surface area contributed by atoms with Crippen LogP contribution in [0, 0.1) is 0 Å². The van der Waals surface area contributed by atoms with Crippen molar-refractivity contribution in [2.75, 3.05) is 0 Å². The average Bonchev–Trinajstić information content (AvgIpc) is 2.57. The van der Waals surface area contributed by atoms with Crippen molar-refractivity contribution in [2.45, 2.75) is 6.42 Å². The quantitative estimate of drug-likeness (QED) is 0.595. The number of nitrogens with zero attached hydrogens (tertiary/aromatic N) is 1. The van der Waals surface area contributed by atoms with Crippen molar-refractivity contribution in [3.8, 4) is 0 Å². The van der Waals surface area contributed by atoms with Crippen LogP contribution < -0.4 is 10.9 Å². The summed E-state index contributed by atoms with van der Waals surface area (Å²) in [6.07, 6.45) is 7.02. The number of pyridine rings is 1. The molecule has 1 aliphatic carbocycles. The number of rotatable bonds is 0. The van der Waals surface area contributed by atoms with Crippen LogP contribution in [0.15, 0.2) is 41.2 Å². The third-order valence-electron chi connectivity index (χ3n) is 2.60. The lowest BCUT2D eigenvalue weighted by atomic mass is 10.1. The van der Waals surface area contributed by atoms with Gasteiger partial charge < -0.3 is 0 Å². The predicted octanol–water partition coefficient (Wildman–Crippen LogP) is 0.911. The summed E-state index contributed by atoms with van der Waals surface area (Å²) in [7, 11) is 0. The molecule has 0 amide bonds. The molecule has 0 aliphatic heterocycles. The Morgan fingerprint density at radius 2 is 2.21 bits per heavy atom. The van der Waals surface area contributed by atoms with Crippen molar-refractivity contribution < 1.29 is 0 Å². The van der Waals surface area contributed by atoms with Gasteiger partial charge in [0.1, 0.15) is 0 Å². The SMILES string of the molecule is O=c1cccc2cc3c(n12)=CC=CC3. The van der Waals surface area contributed by atoms with Gasteiger partial charge in [0.15, 0.2) is 0 Å². The Hall–Kier alpha value is -1.83. The van der Waals surface area contributed by atoms with Gasteiger partial charge in [0, 0.05) is 11.6 Å². The molecule has 2 heteroatoms. The summed E-state index contributed by atoms with van der Waals surface area (Å²) < 4.78 is 1.76. The fourth-order valence-corrected chi connectivity index (χ4v) is 1.97. The molecule has 0 unspecified atom stereocenters. The fourth-order valence-electron chi connectivity index (χ4n) is 1.97. The van der Waals surface area contributed by atoms with Gasteiger partial charge in [-0.1, -0.05) is 18.2 Å². The normalized spacial score (nSPS) is 14.0. The molecule has 0 bridgehead atoms. The Labute approximate surface area is 80.8 Å². The largest absolute Gasteiger partial charge is 0.277 e. The van der Waals surface area contributed by atoms with E-state index in [-0.39, 0.29) is 5.56 Å². The first-order chi connectivity index (χ1) is 6.86. The Bertz CT molecular complexity index is 634. The molecular formula is C12H9NO. The van der Waals surface area contributed by atoms with Gasteiger partial charge in [0.05, 0.1) is 5.35 Å². The third-order valence-corrected chi connectivity index (χ3v) is 2.60. The Kier molecular flexibility index (Phi) is 1.39. The molecule has 2 aromatic heterocycles. The van der Waals surface area contributed by atoms with Crippen LogP contribution >= 0.6 is 0 Å². The van der Waals surface area contributed by atoms with Gasteiger partial charge in [-0.2, -0.15) is 0 Å². The van der Waals surface area contributed by atoms with E-state index in [0.29, 0.717) is 0 Å². The van der Waals surface area contributed by atoms with Crippen molar-refractivity contribution in [2.24, 2.45) is 0 Å². The molecule has 0 atom stereocenters. The molecule has 0 saturated carbocycles. The maximum atomic E-state index is 11.6. The summed E-state index contributed by atoms with van der Waals surface area (Å²) in [5.74, 6) is 0. The highest BCUT2D eigenvalue weighted by Crippen LogP contribution is 2.06. The van der Waals surface area contributed by atoms with Gasteiger partial charge >= 0.3 is 0 Å².